The quantitative estimate of drug-likeness (QED) is 0.701. The van der Waals surface area contributed by atoms with Crippen molar-refractivity contribution in [2.45, 2.75) is 26.0 Å². The van der Waals surface area contributed by atoms with Gasteiger partial charge >= 0.3 is 0 Å². The summed E-state index contributed by atoms with van der Waals surface area (Å²) in [5.74, 6) is 0. The summed E-state index contributed by atoms with van der Waals surface area (Å²) in [5.41, 5.74) is 6.81. The summed E-state index contributed by atoms with van der Waals surface area (Å²) in [6.45, 7) is 3.42. The Bertz CT molecular complexity index is 221. The summed E-state index contributed by atoms with van der Waals surface area (Å²) in [7, 11) is 0. The summed E-state index contributed by atoms with van der Waals surface area (Å²) >= 11 is 0. The smallest absolute Gasteiger partial charge is 0.0716 e. The van der Waals surface area contributed by atoms with Crippen LogP contribution in [0.3, 0.4) is 0 Å². The molecule has 2 N–H and O–H groups in total. The Labute approximate surface area is 79.7 Å². The van der Waals surface area contributed by atoms with Gasteiger partial charge in [-0.3, -0.25) is 0 Å². The van der Waals surface area contributed by atoms with Crippen LogP contribution in [-0.2, 0) is 11.3 Å². The number of ether oxygens (including phenoxy) is 1. The van der Waals surface area contributed by atoms with Gasteiger partial charge in [0, 0.05) is 12.6 Å². The van der Waals surface area contributed by atoms with Crippen LogP contribution in [-0.4, -0.2) is 12.6 Å². The van der Waals surface area contributed by atoms with Crippen molar-refractivity contribution in [2.24, 2.45) is 5.73 Å². The normalized spacial score (nSPS) is 12.8. The molecule has 0 saturated heterocycles. The van der Waals surface area contributed by atoms with Crippen LogP contribution in [0.1, 0.15) is 18.9 Å². The monoisotopic (exact) mass is 179 g/mol. The SMILES string of the molecule is C[C@@H](N)CCOCc1ccccc1. The lowest BCUT2D eigenvalue weighted by Gasteiger charge is -2.06. The van der Waals surface area contributed by atoms with Gasteiger partial charge in [0.05, 0.1) is 6.61 Å². The van der Waals surface area contributed by atoms with Crippen molar-refractivity contribution in [3.05, 3.63) is 35.9 Å². The van der Waals surface area contributed by atoms with Gasteiger partial charge in [-0.2, -0.15) is 0 Å². The molecule has 2 heteroatoms. The fourth-order valence-corrected chi connectivity index (χ4v) is 1.03. The van der Waals surface area contributed by atoms with Gasteiger partial charge in [-0.1, -0.05) is 30.3 Å². The Hall–Kier alpha value is -0.860. The average Bonchev–Trinajstić information content (AvgIpc) is 2.14. The molecule has 1 aromatic carbocycles. The molecule has 0 unspecified atom stereocenters. The molecule has 0 aliphatic rings. The number of rotatable bonds is 5. The van der Waals surface area contributed by atoms with Crippen molar-refractivity contribution in [3.63, 3.8) is 0 Å². The molecule has 0 aliphatic carbocycles. The molecule has 13 heavy (non-hydrogen) atoms. The van der Waals surface area contributed by atoms with E-state index in [-0.39, 0.29) is 6.04 Å². The average molecular weight is 179 g/mol. The van der Waals surface area contributed by atoms with Crippen LogP contribution in [0.4, 0.5) is 0 Å². The Morgan fingerprint density at radius 3 is 2.62 bits per heavy atom. The van der Waals surface area contributed by atoms with Crippen molar-refractivity contribution in [3.8, 4) is 0 Å². The summed E-state index contributed by atoms with van der Waals surface area (Å²) in [5, 5.41) is 0. The van der Waals surface area contributed by atoms with Gasteiger partial charge in [-0.25, -0.2) is 0 Å². The number of hydrogen-bond acceptors (Lipinski definition) is 2. The third-order valence-electron chi connectivity index (χ3n) is 1.83. The lowest BCUT2D eigenvalue weighted by atomic mass is 10.2. The minimum absolute atomic E-state index is 0.232. The molecule has 0 bridgehead atoms. The zero-order chi connectivity index (χ0) is 9.52. The van der Waals surface area contributed by atoms with Crippen LogP contribution in [0.5, 0.6) is 0 Å². The summed E-state index contributed by atoms with van der Waals surface area (Å²) < 4.78 is 5.45. The first-order valence-electron chi connectivity index (χ1n) is 4.66. The van der Waals surface area contributed by atoms with E-state index in [0.29, 0.717) is 6.61 Å². The Morgan fingerprint density at radius 2 is 2.00 bits per heavy atom. The highest BCUT2D eigenvalue weighted by Crippen LogP contribution is 2.00. The van der Waals surface area contributed by atoms with Gasteiger partial charge < -0.3 is 10.5 Å². The van der Waals surface area contributed by atoms with Crippen molar-refractivity contribution in [1.29, 1.82) is 0 Å². The van der Waals surface area contributed by atoms with E-state index in [4.69, 9.17) is 10.5 Å². The second-order valence-corrected chi connectivity index (χ2v) is 3.30. The minimum Gasteiger partial charge on any atom is -0.377 e. The van der Waals surface area contributed by atoms with Crippen LogP contribution < -0.4 is 5.73 Å². The van der Waals surface area contributed by atoms with Crippen molar-refractivity contribution < 1.29 is 4.74 Å². The van der Waals surface area contributed by atoms with Crippen LogP contribution in [0.2, 0.25) is 0 Å². The predicted octanol–water partition coefficient (Wildman–Crippen LogP) is 1.94. The lowest BCUT2D eigenvalue weighted by molar-refractivity contribution is 0.115. The van der Waals surface area contributed by atoms with Crippen LogP contribution in [0.25, 0.3) is 0 Å². The van der Waals surface area contributed by atoms with Crippen molar-refractivity contribution in [2.75, 3.05) is 6.61 Å². The molecular weight excluding hydrogens is 162 g/mol. The van der Waals surface area contributed by atoms with E-state index in [1.54, 1.807) is 0 Å². The fraction of sp³-hybridized carbons (Fsp3) is 0.455. The topological polar surface area (TPSA) is 35.2 Å². The first-order chi connectivity index (χ1) is 6.29. The maximum absolute atomic E-state index is 5.59. The maximum Gasteiger partial charge on any atom is 0.0716 e. The molecule has 1 rings (SSSR count). The third kappa shape index (κ3) is 4.65. The Kier molecular flexibility index (Phi) is 4.50. The minimum atomic E-state index is 0.232. The molecule has 0 saturated carbocycles. The van der Waals surface area contributed by atoms with E-state index in [2.05, 4.69) is 12.1 Å². The maximum atomic E-state index is 5.59. The highest BCUT2D eigenvalue weighted by Gasteiger charge is 1.94. The molecule has 0 radical (unpaired) electrons. The summed E-state index contributed by atoms with van der Waals surface area (Å²) in [6, 6.07) is 10.4. The van der Waals surface area contributed by atoms with Gasteiger partial charge in [0.2, 0.25) is 0 Å². The molecule has 0 aromatic heterocycles. The Morgan fingerprint density at radius 1 is 1.31 bits per heavy atom. The van der Waals surface area contributed by atoms with Crippen molar-refractivity contribution in [1.82, 2.24) is 0 Å². The number of hydrogen-bond donors (Lipinski definition) is 1. The van der Waals surface area contributed by atoms with Gasteiger partial charge in [0.25, 0.3) is 0 Å². The van der Waals surface area contributed by atoms with E-state index in [0.717, 1.165) is 13.0 Å². The first-order valence-corrected chi connectivity index (χ1v) is 4.66. The highest BCUT2D eigenvalue weighted by molar-refractivity contribution is 5.13. The highest BCUT2D eigenvalue weighted by atomic mass is 16.5. The predicted molar refractivity (Wildman–Crippen MR) is 54.4 cm³/mol. The number of nitrogens with two attached hydrogens (primary N) is 1. The lowest BCUT2D eigenvalue weighted by Crippen LogP contribution is -2.17. The van der Waals surface area contributed by atoms with Gasteiger partial charge in [-0.15, -0.1) is 0 Å². The molecule has 72 valence electrons. The third-order valence-corrected chi connectivity index (χ3v) is 1.83. The van der Waals surface area contributed by atoms with E-state index < -0.39 is 0 Å². The van der Waals surface area contributed by atoms with Gasteiger partial charge in [-0.05, 0) is 18.9 Å². The molecule has 0 fully saturated rings. The molecule has 0 spiro atoms. The largest absolute Gasteiger partial charge is 0.377 e. The van der Waals surface area contributed by atoms with Gasteiger partial charge in [0.15, 0.2) is 0 Å². The molecule has 0 aliphatic heterocycles. The van der Waals surface area contributed by atoms with E-state index >= 15 is 0 Å². The standard InChI is InChI=1S/C11H17NO/c1-10(12)7-8-13-9-11-5-3-2-4-6-11/h2-6,10H,7-9,12H2,1H3/t10-/m1/s1. The first kappa shape index (κ1) is 10.2. The van der Waals surface area contributed by atoms with Crippen molar-refractivity contribution >= 4 is 0 Å². The zero-order valence-electron chi connectivity index (χ0n) is 8.07. The molecule has 0 heterocycles. The van der Waals surface area contributed by atoms with Crippen LogP contribution in [0, 0.1) is 0 Å². The van der Waals surface area contributed by atoms with E-state index in [1.165, 1.54) is 5.56 Å². The summed E-state index contributed by atoms with van der Waals surface area (Å²) in [4.78, 5) is 0. The fourth-order valence-electron chi connectivity index (χ4n) is 1.03. The molecule has 0 amide bonds. The van der Waals surface area contributed by atoms with Gasteiger partial charge in [0.1, 0.15) is 0 Å². The Balaban J connectivity index is 2.13. The molecule has 2 nitrogen and oxygen atoms in total. The molecule has 1 aromatic rings. The molecule has 1 atom stereocenters. The van der Waals surface area contributed by atoms with Crippen LogP contribution >= 0.6 is 0 Å². The second kappa shape index (κ2) is 5.73. The van der Waals surface area contributed by atoms with E-state index in [1.807, 2.05) is 25.1 Å². The summed E-state index contributed by atoms with van der Waals surface area (Å²) in [6.07, 6.45) is 0.923. The van der Waals surface area contributed by atoms with Crippen LogP contribution in [0.15, 0.2) is 30.3 Å². The zero-order valence-corrected chi connectivity index (χ0v) is 8.07. The number of benzene rings is 1. The van der Waals surface area contributed by atoms with E-state index in [9.17, 15) is 0 Å². The second-order valence-electron chi connectivity index (χ2n) is 3.30. The molecular formula is C11H17NO.